The van der Waals surface area contributed by atoms with E-state index in [1.165, 1.54) is 29.3 Å². The van der Waals surface area contributed by atoms with Crippen molar-refractivity contribution in [2.75, 3.05) is 6.54 Å². The lowest BCUT2D eigenvalue weighted by atomic mass is 10.1. The second-order valence-electron chi connectivity index (χ2n) is 6.82. The molecule has 2 aromatic carbocycles. The van der Waals surface area contributed by atoms with Gasteiger partial charge in [0.1, 0.15) is 11.5 Å². The molecular weight excluding hydrogens is 411 g/mol. The van der Waals surface area contributed by atoms with E-state index in [0.717, 1.165) is 5.56 Å². The Morgan fingerprint density at radius 2 is 1.70 bits per heavy atom. The minimum Gasteiger partial charge on any atom is -0.351 e. The van der Waals surface area contributed by atoms with Crippen molar-refractivity contribution in [2.45, 2.75) is 30.7 Å². The van der Waals surface area contributed by atoms with Gasteiger partial charge in [-0.3, -0.25) is 9.59 Å². The maximum Gasteiger partial charge on any atom is 0.267 e. The second-order valence-corrected chi connectivity index (χ2v) is 8.38. The number of sulfonamides is 1. The lowest BCUT2D eigenvalue weighted by Gasteiger charge is -2.23. The third kappa shape index (κ3) is 5.71. The average Bonchev–Trinajstić information content (AvgIpc) is 2.71. The van der Waals surface area contributed by atoms with Crippen LogP contribution < -0.4 is 10.5 Å². The standard InChI is InChI=1S/C20H21FN4O4S/c21-16-5-1-15(2-6-16)13-25-19(26)10-9-18(24-25)20(27)23-12-11-14-3-7-17(8-4-14)30(22,28)29/h1-8H,9-13H2,(H,23,27)(H2,22,28,29). The van der Waals surface area contributed by atoms with Crippen LogP contribution in [0.2, 0.25) is 0 Å². The number of nitrogens with two attached hydrogens (primary N) is 1. The van der Waals surface area contributed by atoms with Crippen molar-refractivity contribution < 1.29 is 22.4 Å². The molecule has 30 heavy (non-hydrogen) atoms. The van der Waals surface area contributed by atoms with Crippen molar-refractivity contribution in [3.05, 3.63) is 65.5 Å². The van der Waals surface area contributed by atoms with E-state index in [1.807, 2.05) is 0 Å². The van der Waals surface area contributed by atoms with Crippen LogP contribution in [0.5, 0.6) is 0 Å². The topological polar surface area (TPSA) is 122 Å². The van der Waals surface area contributed by atoms with Gasteiger partial charge in [0, 0.05) is 19.4 Å². The molecule has 8 nitrogen and oxygen atoms in total. The number of carbonyl (C=O) groups excluding carboxylic acids is 2. The number of rotatable bonds is 7. The number of halogens is 1. The summed E-state index contributed by atoms with van der Waals surface area (Å²) in [6, 6.07) is 11.8. The average molecular weight is 432 g/mol. The summed E-state index contributed by atoms with van der Waals surface area (Å²) < 4.78 is 35.6. The highest BCUT2D eigenvalue weighted by Gasteiger charge is 2.24. The summed E-state index contributed by atoms with van der Waals surface area (Å²) in [5.74, 6) is -0.940. The second kappa shape index (κ2) is 9.14. The van der Waals surface area contributed by atoms with E-state index in [1.54, 1.807) is 24.3 Å². The zero-order valence-electron chi connectivity index (χ0n) is 16.0. The lowest BCUT2D eigenvalue weighted by molar-refractivity contribution is -0.132. The van der Waals surface area contributed by atoms with Gasteiger partial charge < -0.3 is 5.32 Å². The van der Waals surface area contributed by atoms with Gasteiger partial charge in [0.05, 0.1) is 11.4 Å². The van der Waals surface area contributed by atoms with Crippen molar-refractivity contribution in [1.82, 2.24) is 10.3 Å². The Morgan fingerprint density at radius 3 is 2.33 bits per heavy atom. The van der Waals surface area contributed by atoms with Crippen LogP contribution in [0.4, 0.5) is 4.39 Å². The molecule has 0 atom stereocenters. The third-order valence-corrected chi connectivity index (χ3v) is 5.49. The Hall–Kier alpha value is -3.11. The molecule has 1 aliphatic heterocycles. The van der Waals surface area contributed by atoms with Crippen LogP contribution in [0.1, 0.15) is 24.0 Å². The Morgan fingerprint density at radius 1 is 1.07 bits per heavy atom. The van der Waals surface area contributed by atoms with E-state index < -0.39 is 10.0 Å². The fraction of sp³-hybridized carbons (Fsp3) is 0.250. The van der Waals surface area contributed by atoms with Crippen LogP contribution in [0.3, 0.4) is 0 Å². The molecule has 0 unspecified atom stereocenters. The third-order valence-electron chi connectivity index (χ3n) is 4.56. The molecule has 0 aliphatic carbocycles. The zero-order valence-corrected chi connectivity index (χ0v) is 16.9. The van der Waals surface area contributed by atoms with Gasteiger partial charge in [-0.05, 0) is 41.8 Å². The molecule has 1 aliphatic rings. The fourth-order valence-electron chi connectivity index (χ4n) is 2.92. The SMILES string of the molecule is NS(=O)(=O)c1ccc(CCNC(=O)C2=NN(Cc3ccc(F)cc3)C(=O)CC2)cc1. The van der Waals surface area contributed by atoms with Crippen molar-refractivity contribution in [3.63, 3.8) is 0 Å². The van der Waals surface area contributed by atoms with Gasteiger partial charge in [0.15, 0.2) is 0 Å². The summed E-state index contributed by atoms with van der Waals surface area (Å²) in [6.45, 7) is 0.477. The molecular formula is C20H21FN4O4S. The largest absolute Gasteiger partial charge is 0.351 e. The van der Waals surface area contributed by atoms with Gasteiger partial charge in [0.25, 0.3) is 5.91 Å². The summed E-state index contributed by atoms with van der Waals surface area (Å²) in [5, 5.41) is 13.2. The maximum absolute atomic E-state index is 13.0. The molecule has 3 rings (SSSR count). The molecule has 0 fully saturated rings. The number of hydrogen-bond acceptors (Lipinski definition) is 5. The normalized spacial score (nSPS) is 14.4. The highest BCUT2D eigenvalue weighted by molar-refractivity contribution is 7.89. The number of carbonyl (C=O) groups is 2. The molecule has 0 spiro atoms. The van der Waals surface area contributed by atoms with E-state index in [-0.39, 0.29) is 47.6 Å². The summed E-state index contributed by atoms with van der Waals surface area (Å²) in [7, 11) is -3.74. The van der Waals surface area contributed by atoms with Crippen LogP contribution in [-0.4, -0.2) is 37.5 Å². The number of benzene rings is 2. The number of hydrazone groups is 1. The highest BCUT2D eigenvalue weighted by atomic mass is 32.2. The molecule has 158 valence electrons. The van der Waals surface area contributed by atoms with Crippen molar-refractivity contribution in [1.29, 1.82) is 0 Å². The molecule has 0 bridgehead atoms. The number of nitrogens with one attached hydrogen (secondary N) is 1. The van der Waals surface area contributed by atoms with Crippen molar-refractivity contribution >= 4 is 27.5 Å². The molecule has 10 heteroatoms. The van der Waals surface area contributed by atoms with E-state index in [0.29, 0.717) is 18.5 Å². The number of primary sulfonamides is 1. The maximum atomic E-state index is 13.0. The Kier molecular flexibility index (Phi) is 6.58. The molecule has 2 amide bonds. The van der Waals surface area contributed by atoms with E-state index in [9.17, 15) is 22.4 Å². The Balaban J connectivity index is 1.56. The predicted octanol–water partition coefficient (Wildman–Crippen LogP) is 1.31. The summed E-state index contributed by atoms with van der Waals surface area (Å²) in [4.78, 5) is 24.5. The molecule has 3 N–H and O–H groups in total. The summed E-state index contributed by atoms with van der Waals surface area (Å²) >= 11 is 0. The molecule has 0 aromatic heterocycles. The monoisotopic (exact) mass is 432 g/mol. The molecule has 0 saturated carbocycles. The minimum absolute atomic E-state index is 0.0257. The van der Waals surface area contributed by atoms with Crippen molar-refractivity contribution in [3.8, 4) is 0 Å². The molecule has 2 aromatic rings. The van der Waals surface area contributed by atoms with Gasteiger partial charge in [-0.15, -0.1) is 0 Å². The van der Waals surface area contributed by atoms with Gasteiger partial charge in [0.2, 0.25) is 15.9 Å². The lowest BCUT2D eigenvalue weighted by Crippen LogP contribution is -2.39. The smallest absolute Gasteiger partial charge is 0.267 e. The number of nitrogens with zero attached hydrogens (tertiary/aromatic N) is 2. The van der Waals surface area contributed by atoms with Crippen LogP contribution in [-0.2, 0) is 32.6 Å². The zero-order chi connectivity index (χ0) is 21.7. The van der Waals surface area contributed by atoms with Crippen LogP contribution >= 0.6 is 0 Å². The first-order chi connectivity index (χ1) is 14.2. The summed E-state index contributed by atoms with van der Waals surface area (Å²) in [5.41, 5.74) is 1.79. The number of amides is 2. The van der Waals surface area contributed by atoms with E-state index in [2.05, 4.69) is 10.4 Å². The van der Waals surface area contributed by atoms with Crippen LogP contribution in [0, 0.1) is 5.82 Å². The van der Waals surface area contributed by atoms with Gasteiger partial charge in [-0.25, -0.2) is 23.0 Å². The van der Waals surface area contributed by atoms with Crippen LogP contribution in [0.15, 0.2) is 58.5 Å². The summed E-state index contributed by atoms with van der Waals surface area (Å²) in [6.07, 6.45) is 0.901. The molecule has 0 radical (unpaired) electrons. The van der Waals surface area contributed by atoms with Crippen molar-refractivity contribution in [2.24, 2.45) is 10.2 Å². The quantitative estimate of drug-likeness (QED) is 0.685. The first-order valence-corrected chi connectivity index (χ1v) is 10.8. The first-order valence-electron chi connectivity index (χ1n) is 9.24. The van der Waals surface area contributed by atoms with Gasteiger partial charge >= 0.3 is 0 Å². The van der Waals surface area contributed by atoms with Gasteiger partial charge in [-0.1, -0.05) is 24.3 Å². The molecule has 0 saturated heterocycles. The fourth-order valence-corrected chi connectivity index (χ4v) is 3.43. The first kappa shape index (κ1) is 21.6. The molecule has 1 heterocycles. The number of hydrogen-bond donors (Lipinski definition) is 2. The Labute approximate surface area is 173 Å². The predicted molar refractivity (Wildman–Crippen MR) is 108 cm³/mol. The minimum atomic E-state index is -3.74. The Bertz CT molecular complexity index is 1070. The van der Waals surface area contributed by atoms with E-state index >= 15 is 0 Å². The van der Waals surface area contributed by atoms with Gasteiger partial charge in [-0.2, -0.15) is 5.10 Å². The highest BCUT2D eigenvalue weighted by Crippen LogP contribution is 2.14. The van der Waals surface area contributed by atoms with E-state index in [4.69, 9.17) is 5.14 Å². The van der Waals surface area contributed by atoms with Crippen LogP contribution in [0.25, 0.3) is 0 Å².